The van der Waals surface area contributed by atoms with Gasteiger partial charge in [0, 0.05) is 13.0 Å². The predicted octanol–water partition coefficient (Wildman–Crippen LogP) is 3.73. The summed E-state index contributed by atoms with van der Waals surface area (Å²) in [5, 5.41) is 0. The van der Waals surface area contributed by atoms with Crippen LogP contribution in [0.25, 0.3) is 10.2 Å². The summed E-state index contributed by atoms with van der Waals surface area (Å²) in [6.07, 6.45) is 0.263. The lowest BCUT2D eigenvalue weighted by atomic mass is 10.2. The number of methoxy groups -OCH3 is 2. The topological polar surface area (TPSA) is 87.0 Å². The minimum Gasteiger partial charge on any atom is -0.497 e. The molecule has 0 fully saturated rings. The first-order valence-corrected chi connectivity index (χ1v) is 12.4. The van der Waals surface area contributed by atoms with Crippen molar-refractivity contribution in [1.29, 1.82) is 0 Å². The van der Waals surface area contributed by atoms with Gasteiger partial charge in [-0.25, -0.2) is 8.42 Å². The fourth-order valence-electron chi connectivity index (χ4n) is 3.30. The zero-order valence-corrected chi connectivity index (χ0v) is 19.7. The maximum absolute atomic E-state index is 12.5. The van der Waals surface area contributed by atoms with Crippen molar-refractivity contribution in [3.63, 3.8) is 0 Å². The monoisotopic (exact) mass is 462 g/mol. The maximum Gasteiger partial charge on any atom is 0.248 e. The summed E-state index contributed by atoms with van der Waals surface area (Å²) in [6, 6.07) is 10.1. The van der Waals surface area contributed by atoms with E-state index in [1.807, 2.05) is 30.5 Å². The highest BCUT2D eigenvalue weighted by Crippen LogP contribution is 2.30. The van der Waals surface area contributed by atoms with Gasteiger partial charge in [0.2, 0.25) is 5.91 Å². The summed E-state index contributed by atoms with van der Waals surface area (Å²) in [5.74, 6) is 0.870. The molecule has 3 rings (SSSR count). The molecule has 166 valence electrons. The summed E-state index contributed by atoms with van der Waals surface area (Å²) in [4.78, 5) is 17.6. The third-order valence-corrected chi connectivity index (χ3v) is 7.99. The molecule has 2 aromatic carbocycles. The van der Waals surface area contributed by atoms with Gasteiger partial charge in [-0.2, -0.15) is 4.99 Å². The lowest BCUT2D eigenvalue weighted by molar-refractivity contribution is -0.118. The number of hydrogen-bond acceptors (Lipinski definition) is 6. The third-order valence-electron chi connectivity index (χ3n) is 4.96. The Balaban J connectivity index is 1.77. The number of hydrogen-bond donors (Lipinski definition) is 0. The molecule has 0 bridgehead atoms. The van der Waals surface area contributed by atoms with E-state index in [4.69, 9.17) is 9.47 Å². The van der Waals surface area contributed by atoms with Gasteiger partial charge in [0.25, 0.3) is 0 Å². The van der Waals surface area contributed by atoms with Crippen LogP contribution in [0.4, 0.5) is 0 Å². The van der Waals surface area contributed by atoms with Gasteiger partial charge in [-0.05, 0) is 56.2 Å². The second-order valence-corrected chi connectivity index (χ2v) is 10.1. The largest absolute Gasteiger partial charge is 0.497 e. The van der Waals surface area contributed by atoms with Crippen molar-refractivity contribution in [2.24, 2.45) is 4.99 Å². The van der Waals surface area contributed by atoms with Crippen LogP contribution in [0.3, 0.4) is 0 Å². The van der Waals surface area contributed by atoms with Gasteiger partial charge in [-0.3, -0.25) is 4.79 Å². The van der Waals surface area contributed by atoms with Crippen LogP contribution in [0.5, 0.6) is 11.5 Å². The minimum absolute atomic E-state index is 0.0590. The summed E-state index contributed by atoms with van der Waals surface area (Å²) < 4.78 is 38.5. The van der Waals surface area contributed by atoms with Crippen LogP contribution in [0.2, 0.25) is 0 Å². The average Bonchev–Trinajstić information content (AvgIpc) is 3.12. The zero-order valence-electron chi connectivity index (χ0n) is 18.0. The smallest absolute Gasteiger partial charge is 0.248 e. The Morgan fingerprint density at radius 1 is 1.10 bits per heavy atom. The SMILES string of the molecule is CCn1c(=NC(=O)CCCS(=O)(=O)c2ccc(OC)cc2)sc2c(C)ccc(OC)c21. The molecule has 9 heteroatoms. The molecule has 0 aliphatic heterocycles. The van der Waals surface area contributed by atoms with Crippen molar-refractivity contribution in [1.82, 2.24) is 4.57 Å². The number of fused-ring (bicyclic) bond motifs is 1. The van der Waals surface area contributed by atoms with Crippen LogP contribution >= 0.6 is 11.3 Å². The van der Waals surface area contributed by atoms with E-state index < -0.39 is 9.84 Å². The van der Waals surface area contributed by atoms with Gasteiger partial charge in [0.05, 0.1) is 29.6 Å². The highest BCUT2D eigenvalue weighted by atomic mass is 32.2. The molecular formula is C22H26N2O5S2. The molecule has 0 aliphatic carbocycles. The molecule has 1 aromatic heterocycles. The molecule has 31 heavy (non-hydrogen) atoms. The van der Waals surface area contributed by atoms with Crippen LogP contribution < -0.4 is 14.3 Å². The quantitative estimate of drug-likeness (QED) is 0.509. The number of thiazole rings is 1. The molecule has 1 amide bonds. The Morgan fingerprint density at radius 3 is 2.42 bits per heavy atom. The second kappa shape index (κ2) is 9.65. The molecule has 0 aliphatic rings. The van der Waals surface area contributed by atoms with E-state index in [-0.39, 0.29) is 29.4 Å². The van der Waals surface area contributed by atoms with Gasteiger partial charge in [0.15, 0.2) is 14.6 Å². The van der Waals surface area contributed by atoms with Crippen LogP contribution in [0.15, 0.2) is 46.3 Å². The maximum atomic E-state index is 12.5. The van der Waals surface area contributed by atoms with E-state index >= 15 is 0 Å². The molecule has 0 spiro atoms. The van der Waals surface area contributed by atoms with Gasteiger partial charge >= 0.3 is 0 Å². The number of aryl methyl sites for hydroxylation is 2. The molecule has 0 atom stereocenters. The molecular weight excluding hydrogens is 436 g/mol. The van der Waals surface area contributed by atoms with Crippen molar-refractivity contribution in [3.05, 3.63) is 46.8 Å². The van der Waals surface area contributed by atoms with E-state index in [0.29, 0.717) is 17.1 Å². The van der Waals surface area contributed by atoms with E-state index in [2.05, 4.69) is 4.99 Å². The first kappa shape index (κ1) is 23.0. The van der Waals surface area contributed by atoms with Crippen LogP contribution in [-0.4, -0.2) is 38.9 Å². The van der Waals surface area contributed by atoms with Crippen molar-refractivity contribution < 1.29 is 22.7 Å². The van der Waals surface area contributed by atoms with E-state index in [1.54, 1.807) is 19.2 Å². The molecule has 0 saturated carbocycles. The molecule has 0 saturated heterocycles. The highest BCUT2D eigenvalue weighted by molar-refractivity contribution is 7.91. The predicted molar refractivity (Wildman–Crippen MR) is 122 cm³/mol. The first-order chi connectivity index (χ1) is 14.8. The van der Waals surface area contributed by atoms with Crippen LogP contribution in [0.1, 0.15) is 25.3 Å². The summed E-state index contributed by atoms with van der Waals surface area (Å²) in [5.41, 5.74) is 2.01. The number of aromatic nitrogens is 1. The van der Waals surface area contributed by atoms with Gasteiger partial charge < -0.3 is 14.0 Å². The molecule has 0 N–H and O–H groups in total. The van der Waals surface area contributed by atoms with Crippen molar-refractivity contribution in [3.8, 4) is 11.5 Å². The number of nitrogens with zero attached hydrogens (tertiary/aromatic N) is 2. The normalized spacial score (nSPS) is 12.3. The summed E-state index contributed by atoms with van der Waals surface area (Å²) in [7, 11) is -0.330. The Labute approximate surface area is 185 Å². The van der Waals surface area contributed by atoms with Gasteiger partial charge in [-0.1, -0.05) is 17.4 Å². The summed E-state index contributed by atoms with van der Waals surface area (Å²) in [6.45, 7) is 4.63. The van der Waals surface area contributed by atoms with Crippen molar-refractivity contribution >= 4 is 37.3 Å². The molecule has 1 heterocycles. The fraction of sp³-hybridized carbons (Fsp3) is 0.364. The zero-order chi connectivity index (χ0) is 22.6. The van der Waals surface area contributed by atoms with Crippen LogP contribution in [-0.2, 0) is 21.2 Å². The number of rotatable bonds is 8. The molecule has 7 nitrogen and oxygen atoms in total. The second-order valence-electron chi connectivity index (χ2n) is 6.99. The Kier molecular flexibility index (Phi) is 7.17. The number of carbonyl (C=O) groups is 1. The van der Waals surface area contributed by atoms with Gasteiger partial charge in [0.1, 0.15) is 17.0 Å². The Morgan fingerprint density at radius 2 is 1.81 bits per heavy atom. The Hall–Kier alpha value is -2.65. The van der Waals surface area contributed by atoms with E-state index in [1.165, 1.54) is 30.6 Å². The molecule has 0 unspecified atom stereocenters. The van der Waals surface area contributed by atoms with E-state index in [0.717, 1.165) is 21.5 Å². The lowest BCUT2D eigenvalue weighted by Gasteiger charge is -2.07. The molecule has 0 radical (unpaired) electrons. The summed E-state index contributed by atoms with van der Waals surface area (Å²) >= 11 is 1.44. The van der Waals surface area contributed by atoms with Gasteiger partial charge in [-0.15, -0.1) is 0 Å². The first-order valence-electron chi connectivity index (χ1n) is 9.92. The lowest BCUT2D eigenvalue weighted by Crippen LogP contribution is -2.16. The number of sulfone groups is 1. The van der Waals surface area contributed by atoms with Crippen molar-refractivity contribution in [2.75, 3.05) is 20.0 Å². The molecule has 3 aromatic rings. The average molecular weight is 463 g/mol. The number of benzene rings is 2. The van der Waals surface area contributed by atoms with Crippen LogP contribution in [0, 0.1) is 6.92 Å². The number of ether oxygens (including phenoxy) is 2. The standard InChI is InChI=1S/C22H26N2O5S2/c1-5-24-20-18(29-4)13-8-15(2)21(20)30-22(24)23-19(25)7-6-14-31(26,27)17-11-9-16(28-3)10-12-17/h8-13H,5-7,14H2,1-4H3. The fourth-order valence-corrected chi connectivity index (χ4v) is 5.81. The number of amides is 1. The Bertz CT molecular complexity index is 1260. The van der Waals surface area contributed by atoms with Crippen molar-refractivity contribution in [2.45, 2.75) is 38.1 Å². The minimum atomic E-state index is -3.47. The third kappa shape index (κ3) is 4.99. The number of carbonyl (C=O) groups excluding carboxylic acids is 1. The van der Waals surface area contributed by atoms with E-state index in [9.17, 15) is 13.2 Å². The highest BCUT2D eigenvalue weighted by Gasteiger charge is 2.16.